The van der Waals surface area contributed by atoms with Crippen molar-refractivity contribution < 1.29 is 14.3 Å². The fourth-order valence-corrected chi connectivity index (χ4v) is 4.09. The van der Waals surface area contributed by atoms with E-state index in [0.29, 0.717) is 42.8 Å². The molecule has 1 aromatic carbocycles. The second-order valence-electron chi connectivity index (χ2n) is 7.95. The molecule has 0 radical (unpaired) electrons. The summed E-state index contributed by atoms with van der Waals surface area (Å²) < 4.78 is 12.8. The van der Waals surface area contributed by atoms with Crippen LogP contribution in [0.25, 0.3) is 10.8 Å². The van der Waals surface area contributed by atoms with E-state index in [2.05, 4.69) is 5.10 Å². The Morgan fingerprint density at radius 3 is 2.61 bits per heavy atom. The van der Waals surface area contributed by atoms with Crippen LogP contribution in [-0.4, -0.2) is 52.7 Å². The van der Waals surface area contributed by atoms with Gasteiger partial charge in [-0.25, -0.2) is 4.68 Å². The first-order valence-electron chi connectivity index (χ1n) is 10.1. The Balaban J connectivity index is 1.77. The van der Waals surface area contributed by atoms with Crippen LogP contribution in [0.3, 0.4) is 0 Å². The molecule has 3 heterocycles. The summed E-state index contributed by atoms with van der Waals surface area (Å²) in [6, 6.07) is 7.11. The quantitative estimate of drug-likeness (QED) is 0.808. The Kier molecular flexibility index (Phi) is 5.46. The smallest absolute Gasteiger partial charge is 0.275 e. The number of nitrogens with zero attached hydrogens (tertiary/aromatic N) is 3. The van der Waals surface area contributed by atoms with Crippen LogP contribution in [0.1, 0.15) is 43.6 Å². The molecular weight excluding hydrogens is 358 g/mol. The third-order valence-electron chi connectivity index (χ3n) is 5.38. The minimum atomic E-state index is -0.378. The number of hydrogen-bond donors (Lipinski definition) is 0. The fraction of sp³-hybridized carbons (Fsp3) is 0.571. The molecule has 0 spiro atoms. The average Bonchev–Trinajstić information content (AvgIpc) is 3.24. The summed E-state index contributed by atoms with van der Waals surface area (Å²) >= 11 is 0. The number of amides is 1. The minimum Gasteiger partial charge on any atom is -0.348 e. The maximum atomic E-state index is 13.6. The number of aromatic nitrogens is 2. The fourth-order valence-electron chi connectivity index (χ4n) is 4.09. The van der Waals surface area contributed by atoms with Gasteiger partial charge in [-0.2, -0.15) is 5.10 Å². The lowest BCUT2D eigenvalue weighted by atomic mass is 10.00. The molecule has 0 aliphatic carbocycles. The molecule has 7 heteroatoms. The molecule has 2 aliphatic heterocycles. The largest absolute Gasteiger partial charge is 0.348 e. The molecule has 1 amide bonds. The van der Waals surface area contributed by atoms with E-state index in [4.69, 9.17) is 9.47 Å². The topological polar surface area (TPSA) is 73.7 Å². The average molecular weight is 385 g/mol. The van der Waals surface area contributed by atoms with E-state index in [1.54, 1.807) is 12.1 Å². The summed E-state index contributed by atoms with van der Waals surface area (Å²) in [7, 11) is 0. The van der Waals surface area contributed by atoms with E-state index in [-0.39, 0.29) is 29.7 Å². The zero-order valence-electron chi connectivity index (χ0n) is 16.5. The van der Waals surface area contributed by atoms with Crippen LogP contribution >= 0.6 is 0 Å². The summed E-state index contributed by atoms with van der Waals surface area (Å²) in [5.74, 6) is 0.0924. The second-order valence-corrected chi connectivity index (χ2v) is 7.95. The number of piperidine rings is 1. The van der Waals surface area contributed by atoms with Crippen molar-refractivity contribution in [1.82, 2.24) is 14.7 Å². The first kappa shape index (κ1) is 19.1. The molecule has 150 valence electrons. The molecule has 0 bridgehead atoms. The zero-order valence-corrected chi connectivity index (χ0v) is 16.5. The molecule has 28 heavy (non-hydrogen) atoms. The number of fused-ring (bicyclic) bond motifs is 1. The van der Waals surface area contributed by atoms with Crippen molar-refractivity contribution in [2.45, 2.75) is 52.0 Å². The van der Waals surface area contributed by atoms with E-state index >= 15 is 0 Å². The highest BCUT2D eigenvalue weighted by molar-refractivity contribution is 6.04. The highest BCUT2D eigenvalue weighted by Crippen LogP contribution is 2.27. The lowest BCUT2D eigenvalue weighted by Crippen LogP contribution is -2.50. The molecule has 2 aromatic rings. The van der Waals surface area contributed by atoms with Gasteiger partial charge in [0.1, 0.15) is 0 Å². The standard InChI is InChI=1S/C21H27N3O4/c1-14(2)13-24-19(25)16-8-4-3-7-15(16)18(22-24)20(26)23-10-6-5-9-17(23)21-27-11-12-28-21/h3-4,7-8,14,17,21H,5-6,9-13H2,1-2H3. The Bertz CT molecular complexity index is 917. The van der Waals surface area contributed by atoms with Gasteiger partial charge in [-0.05, 0) is 31.2 Å². The van der Waals surface area contributed by atoms with E-state index in [0.717, 1.165) is 19.3 Å². The molecule has 1 atom stereocenters. The summed E-state index contributed by atoms with van der Waals surface area (Å²) in [6.07, 6.45) is 2.45. The van der Waals surface area contributed by atoms with Crippen LogP contribution in [-0.2, 0) is 16.0 Å². The lowest BCUT2D eigenvalue weighted by molar-refractivity contribution is -0.100. The Hall–Kier alpha value is -2.25. The number of hydrogen-bond acceptors (Lipinski definition) is 5. The summed E-state index contributed by atoms with van der Waals surface area (Å²) in [5, 5.41) is 5.65. The maximum absolute atomic E-state index is 13.6. The molecule has 7 nitrogen and oxygen atoms in total. The zero-order chi connectivity index (χ0) is 19.7. The highest BCUT2D eigenvalue weighted by Gasteiger charge is 2.37. The highest BCUT2D eigenvalue weighted by atomic mass is 16.7. The van der Waals surface area contributed by atoms with Gasteiger partial charge in [-0.3, -0.25) is 9.59 Å². The van der Waals surface area contributed by atoms with Crippen molar-refractivity contribution in [2.24, 2.45) is 5.92 Å². The van der Waals surface area contributed by atoms with E-state index < -0.39 is 0 Å². The normalized spacial score (nSPS) is 21.0. The van der Waals surface area contributed by atoms with Crippen LogP contribution in [0.2, 0.25) is 0 Å². The first-order valence-corrected chi connectivity index (χ1v) is 10.1. The molecule has 4 rings (SSSR count). The molecule has 2 aliphatic rings. The molecule has 1 aromatic heterocycles. The summed E-state index contributed by atoms with van der Waals surface area (Å²) in [6.45, 7) is 6.29. The number of ether oxygens (including phenoxy) is 2. The van der Waals surface area contributed by atoms with Gasteiger partial charge in [0.05, 0.1) is 24.6 Å². The van der Waals surface area contributed by atoms with E-state index in [1.807, 2.05) is 30.9 Å². The number of likely N-dealkylation sites (tertiary alicyclic amines) is 1. The van der Waals surface area contributed by atoms with Crippen LogP contribution in [0.4, 0.5) is 0 Å². The molecule has 1 unspecified atom stereocenters. The predicted octanol–water partition coefficient (Wildman–Crippen LogP) is 2.42. The Labute approximate surface area is 164 Å². The van der Waals surface area contributed by atoms with E-state index in [9.17, 15) is 9.59 Å². The molecule has 0 N–H and O–H groups in total. The number of carbonyl (C=O) groups excluding carboxylic acids is 1. The third-order valence-corrected chi connectivity index (χ3v) is 5.38. The lowest BCUT2D eigenvalue weighted by Gasteiger charge is -2.37. The van der Waals surface area contributed by atoms with Crippen molar-refractivity contribution in [3.05, 3.63) is 40.3 Å². The van der Waals surface area contributed by atoms with Crippen molar-refractivity contribution in [3.63, 3.8) is 0 Å². The van der Waals surface area contributed by atoms with Gasteiger partial charge in [-0.1, -0.05) is 32.0 Å². The van der Waals surface area contributed by atoms with Crippen LogP contribution in [0.15, 0.2) is 29.1 Å². The van der Waals surface area contributed by atoms with Gasteiger partial charge in [0.2, 0.25) is 0 Å². The van der Waals surface area contributed by atoms with Gasteiger partial charge in [0.15, 0.2) is 12.0 Å². The third kappa shape index (κ3) is 3.56. The van der Waals surface area contributed by atoms with Gasteiger partial charge >= 0.3 is 0 Å². The summed E-state index contributed by atoms with van der Waals surface area (Å²) in [4.78, 5) is 28.2. The number of benzene rings is 1. The first-order chi connectivity index (χ1) is 13.6. The van der Waals surface area contributed by atoms with E-state index in [1.165, 1.54) is 4.68 Å². The molecule has 0 saturated carbocycles. The Morgan fingerprint density at radius 1 is 1.18 bits per heavy atom. The van der Waals surface area contributed by atoms with Gasteiger partial charge in [0.25, 0.3) is 11.5 Å². The van der Waals surface area contributed by atoms with Crippen molar-refractivity contribution in [1.29, 1.82) is 0 Å². The molecular formula is C21H27N3O4. The van der Waals surface area contributed by atoms with Gasteiger partial charge in [0, 0.05) is 18.5 Å². The van der Waals surface area contributed by atoms with Crippen LogP contribution in [0.5, 0.6) is 0 Å². The number of rotatable bonds is 4. The van der Waals surface area contributed by atoms with Crippen molar-refractivity contribution in [3.8, 4) is 0 Å². The van der Waals surface area contributed by atoms with Crippen molar-refractivity contribution >= 4 is 16.7 Å². The molecule has 2 fully saturated rings. The minimum absolute atomic E-state index is 0.116. The van der Waals surface area contributed by atoms with Crippen LogP contribution < -0.4 is 5.56 Å². The monoisotopic (exact) mass is 385 g/mol. The maximum Gasteiger partial charge on any atom is 0.275 e. The van der Waals surface area contributed by atoms with Crippen molar-refractivity contribution in [2.75, 3.05) is 19.8 Å². The van der Waals surface area contributed by atoms with Gasteiger partial charge < -0.3 is 14.4 Å². The predicted molar refractivity (Wildman–Crippen MR) is 105 cm³/mol. The van der Waals surface area contributed by atoms with Crippen LogP contribution in [0, 0.1) is 5.92 Å². The SMILES string of the molecule is CC(C)Cn1nc(C(=O)N2CCCCC2C2OCCO2)c2ccccc2c1=O. The summed E-state index contributed by atoms with van der Waals surface area (Å²) in [5.41, 5.74) is 0.180. The Morgan fingerprint density at radius 2 is 1.89 bits per heavy atom. The van der Waals surface area contributed by atoms with Gasteiger partial charge in [-0.15, -0.1) is 0 Å². The second kappa shape index (κ2) is 8.01. The molecule has 2 saturated heterocycles. The number of carbonyl (C=O) groups is 1.